The van der Waals surface area contributed by atoms with Gasteiger partial charge in [-0.25, -0.2) is 0 Å². The second kappa shape index (κ2) is 5.64. The van der Waals surface area contributed by atoms with E-state index in [4.69, 9.17) is 0 Å². The molecule has 0 amide bonds. The van der Waals surface area contributed by atoms with Crippen LogP contribution in [0.1, 0.15) is 5.56 Å². The number of aromatic nitrogens is 1. The SMILES string of the molecule is C1=NCNC(c2cccc(-n3c4ccccc4c4ccccc43)c2)=C1. The molecule has 0 radical (unpaired) electrons. The summed E-state index contributed by atoms with van der Waals surface area (Å²) in [6.07, 6.45) is 3.88. The molecule has 0 fully saturated rings. The van der Waals surface area contributed by atoms with Gasteiger partial charge in [0.05, 0.1) is 11.0 Å². The summed E-state index contributed by atoms with van der Waals surface area (Å²) in [6.45, 7) is 0.630. The van der Waals surface area contributed by atoms with Gasteiger partial charge in [0.1, 0.15) is 6.67 Å². The van der Waals surface area contributed by atoms with Crippen LogP contribution in [0.15, 0.2) is 83.9 Å². The van der Waals surface area contributed by atoms with Gasteiger partial charge in [0.15, 0.2) is 0 Å². The summed E-state index contributed by atoms with van der Waals surface area (Å²) < 4.78 is 2.34. The molecular weight excluding hydrogens is 306 g/mol. The molecule has 1 aliphatic heterocycles. The van der Waals surface area contributed by atoms with Crippen LogP contribution in [0.2, 0.25) is 0 Å². The van der Waals surface area contributed by atoms with Gasteiger partial charge in [-0.3, -0.25) is 4.99 Å². The largest absolute Gasteiger partial charge is 0.366 e. The highest BCUT2D eigenvalue weighted by molar-refractivity contribution is 6.09. The number of nitrogens with one attached hydrogen (secondary N) is 1. The molecule has 3 nitrogen and oxygen atoms in total. The highest BCUT2D eigenvalue weighted by Gasteiger charge is 2.12. The normalized spacial score (nSPS) is 13.8. The Balaban J connectivity index is 1.78. The van der Waals surface area contributed by atoms with Gasteiger partial charge in [-0.1, -0.05) is 48.5 Å². The van der Waals surface area contributed by atoms with Crippen LogP contribution < -0.4 is 5.32 Å². The maximum Gasteiger partial charge on any atom is 0.107 e. The molecule has 25 heavy (non-hydrogen) atoms. The zero-order chi connectivity index (χ0) is 16.6. The standard InChI is InChI=1S/C22H17N3/c1-3-10-21-18(8-1)19-9-2-4-11-22(19)25(21)17-7-5-6-16(14-17)20-12-13-23-15-24-20/h1-14,24H,15H2. The van der Waals surface area contributed by atoms with E-state index in [0.29, 0.717) is 6.67 Å². The molecule has 0 bridgehead atoms. The Morgan fingerprint density at radius 1 is 0.800 bits per heavy atom. The molecule has 5 rings (SSSR count). The number of allylic oxidation sites excluding steroid dienone is 1. The summed E-state index contributed by atoms with van der Waals surface area (Å²) in [4.78, 5) is 4.19. The Hall–Kier alpha value is -3.33. The molecule has 3 heteroatoms. The van der Waals surface area contributed by atoms with Crippen molar-refractivity contribution < 1.29 is 0 Å². The fourth-order valence-electron chi connectivity index (χ4n) is 3.58. The lowest BCUT2D eigenvalue weighted by Gasteiger charge is -2.14. The smallest absolute Gasteiger partial charge is 0.107 e. The van der Waals surface area contributed by atoms with E-state index in [2.05, 4.69) is 87.7 Å². The van der Waals surface area contributed by atoms with Crippen molar-refractivity contribution in [1.29, 1.82) is 0 Å². The molecule has 0 saturated heterocycles. The first kappa shape index (κ1) is 14.1. The van der Waals surface area contributed by atoms with E-state index in [1.54, 1.807) is 0 Å². The van der Waals surface area contributed by atoms with Crippen molar-refractivity contribution in [3.63, 3.8) is 0 Å². The van der Waals surface area contributed by atoms with E-state index >= 15 is 0 Å². The van der Waals surface area contributed by atoms with E-state index in [1.807, 2.05) is 12.3 Å². The van der Waals surface area contributed by atoms with Crippen LogP contribution in [0.3, 0.4) is 0 Å². The third-order valence-electron chi connectivity index (χ3n) is 4.70. The molecule has 0 unspecified atom stereocenters. The number of nitrogens with zero attached hydrogens (tertiary/aromatic N) is 2. The van der Waals surface area contributed by atoms with Crippen molar-refractivity contribution in [2.24, 2.45) is 4.99 Å². The van der Waals surface area contributed by atoms with E-state index < -0.39 is 0 Å². The zero-order valence-corrected chi connectivity index (χ0v) is 13.7. The van der Waals surface area contributed by atoms with E-state index in [0.717, 1.165) is 5.70 Å². The topological polar surface area (TPSA) is 29.3 Å². The molecule has 1 N–H and O–H groups in total. The first-order valence-corrected chi connectivity index (χ1v) is 8.45. The summed E-state index contributed by atoms with van der Waals surface area (Å²) in [5.41, 5.74) is 5.91. The molecule has 1 aliphatic rings. The minimum absolute atomic E-state index is 0.630. The van der Waals surface area contributed by atoms with Gasteiger partial charge in [0, 0.05) is 28.4 Å². The maximum absolute atomic E-state index is 4.19. The minimum Gasteiger partial charge on any atom is -0.366 e. The molecule has 0 aliphatic carbocycles. The van der Waals surface area contributed by atoms with E-state index in [1.165, 1.54) is 33.1 Å². The fraction of sp³-hybridized carbons (Fsp3) is 0.0455. The van der Waals surface area contributed by atoms with Crippen molar-refractivity contribution >= 4 is 33.7 Å². The van der Waals surface area contributed by atoms with Gasteiger partial charge in [-0.05, 0) is 35.9 Å². The van der Waals surface area contributed by atoms with Gasteiger partial charge in [0.25, 0.3) is 0 Å². The van der Waals surface area contributed by atoms with Crippen LogP contribution in [0, 0.1) is 0 Å². The Morgan fingerprint density at radius 3 is 2.20 bits per heavy atom. The predicted octanol–water partition coefficient (Wildman–Crippen LogP) is 4.76. The van der Waals surface area contributed by atoms with Crippen molar-refractivity contribution in [2.75, 3.05) is 6.67 Å². The van der Waals surface area contributed by atoms with Crippen LogP contribution in [0.5, 0.6) is 0 Å². The Labute approximate surface area is 145 Å². The van der Waals surface area contributed by atoms with Gasteiger partial charge in [0.2, 0.25) is 0 Å². The van der Waals surface area contributed by atoms with Crippen LogP contribution in [-0.2, 0) is 0 Å². The van der Waals surface area contributed by atoms with Gasteiger partial charge in [-0.15, -0.1) is 0 Å². The molecular formula is C22H17N3. The molecule has 0 saturated carbocycles. The number of benzene rings is 3. The predicted molar refractivity (Wildman–Crippen MR) is 105 cm³/mol. The summed E-state index contributed by atoms with van der Waals surface area (Å²) in [7, 11) is 0. The number of para-hydroxylation sites is 2. The van der Waals surface area contributed by atoms with Gasteiger partial charge >= 0.3 is 0 Å². The molecule has 2 heterocycles. The average Bonchev–Trinajstić information content (AvgIpc) is 3.03. The summed E-state index contributed by atoms with van der Waals surface area (Å²) >= 11 is 0. The third kappa shape index (κ3) is 2.24. The molecule has 120 valence electrons. The van der Waals surface area contributed by atoms with Crippen molar-refractivity contribution in [1.82, 2.24) is 9.88 Å². The molecule has 4 aromatic rings. The third-order valence-corrected chi connectivity index (χ3v) is 4.70. The second-order valence-corrected chi connectivity index (χ2v) is 6.17. The van der Waals surface area contributed by atoms with E-state index in [9.17, 15) is 0 Å². The van der Waals surface area contributed by atoms with Gasteiger partial charge in [-0.2, -0.15) is 0 Å². The Bertz CT molecular complexity index is 1100. The average molecular weight is 323 g/mol. The van der Waals surface area contributed by atoms with Crippen molar-refractivity contribution in [2.45, 2.75) is 0 Å². The summed E-state index contributed by atoms with van der Waals surface area (Å²) in [6, 6.07) is 25.8. The van der Waals surface area contributed by atoms with Crippen LogP contribution in [-0.4, -0.2) is 17.5 Å². The lowest BCUT2D eigenvalue weighted by molar-refractivity contribution is 0.899. The first-order valence-electron chi connectivity index (χ1n) is 8.45. The van der Waals surface area contributed by atoms with Crippen LogP contribution in [0.4, 0.5) is 0 Å². The molecule has 0 atom stereocenters. The number of aliphatic imine (C=N–C) groups is 1. The van der Waals surface area contributed by atoms with Crippen molar-refractivity contribution in [3.05, 3.63) is 84.4 Å². The number of rotatable bonds is 2. The Morgan fingerprint density at radius 2 is 1.52 bits per heavy atom. The van der Waals surface area contributed by atoms with Crippen LogP contribution >= 0.6 is 0 Å². The first-order chi connectivity index (χ1) is 12.4. The highest BCUT2D eigenvalue weighted by atomic mass is 15.0. The molecule has 0 spiro atoms. The van der Waals surface area contributed by atoms with Crippen LogP contribution in [0.25, 0.3) is 33.2 Å². The van der Waals surface area contributed by atoms with Crippen molar-refractivity contribution in [3.8, 4) is 5.69 Å². The zero-order valence-electron chi connectivity index (χ0n) is 13.7. The summed E-state index contributed by atoms with van der Waals surface area (Å²) in [5, 5.41) is 5.90. The lowest BCUT2D eigenvalue weighted by Crippen LogP contribution is -2.15. The quantitative estimate of drug-likeness (QED) is 0.566. The van der Waals surface area contributed by atoms with Gasteiger partial charge < -0.3 is 9.88 Å². The Kier molecular flexibility index (Phi) is 3.17. The monoisotopic (exact) mass is 323 g/mol. The molecule has 1 aromatic heterocycles. The maximum atomic E-state index is 4.19. The summed E-state index contributed by atoms with van der Waals surface area (Å²) in [5.74, 6) is 0. The number of hydrogen-bond donors (Lipinski definition) is 1. The minimum atomic E-state index is 0.630. The number of fused-ring (bicyclic) bond motifs is 3. The lowest BCUT2D eigenvalue weighted by atomic mass is 10.1. The highest BCUT2D eigenvalue weighted by Crippen LogP contribution is 2.32. The number of hydrogen-bond acceptors (Lipinski definition) is 2. The molecule has 3 aromatic carbocycles. The second-order valence-electron chi connectivity index (χ2n) is 6.17. The van der Waals surface area contributed by atoms with E-state index in [-0.39, 0.29) is 0 Å². The fourth-order valence-corrected chi connectivity index (χ4v) is 3.58.